The van der Waals surface area contributed by atoms with Crippen LogP contribution >= 0.6 is 0 Å². The van der Waals surface area contributed by atoms with E-state index in [9.17, 15) is 9.59 Å². The Hall–Kier alpha value is -0.900. The molecule has 0 aromatic rings. The van der Waals surface area contributed by atoms with Crippen LogP contribution in [-0.4, -0.2) is 55.2 Å². The van der Waals surface area contributed by atoms with E-state index in [1.165, 1.54) is 13.3 Å². The van der Waals surface area contributed by atoms with Crippen LogP contribution in [0.3, 0.4) is 0 Å². The summed E-state index contributed by atoms with van der Waals surface area (Å²) in [7, 11) is 3.91. The number of carbonyl (C=O) groups excluding carboxylic acids is 2. The highest BCUT2D eigenvalue weighted by molar-refractivity contribution is 5.96. The maximum absolute atomic E-state index is 11.5. The van der Waals surface area contributed by atoms with Crippen LogP contribution in [0.15, 0.2) is 0 Å². The van der Waals surface area contributed by atoms with Crippen molar-refractivity contribution in [2.24, 2.45) is 5.92 Å². The summed E-state index contributed by atoms with van der Waals surface area (Å²) < 4.78 is 0. The van der Waals surface area contributed by atoms with Gasteiger partial charge in [0, 0.05) is 20.1 Å². The van der Waals surface area contributed by atoms with E-state index in [0.29, 0.717) is 5.92 Å². The van der Waals surface area contributed by atoms with E-state index in [-0.39, 0.29) is 18.1 Å². The molecule has 1 aliphatic heterocycles. The summed E-state index contributed by atoms with van der Waals surface area (Å²) in [5.41, 5.74) is 0. The lowest BCUT2D eigenvalue weighted by molar-refractivity contribution is -0.133. The number of nitrogens with zero attached hydrogens (tertiary/aromatic N) is 2. The lowest BCUT2D eigenvalue weighted by atomic mass is 10.0. The number of hydrogen-bond acceptors (Lipinski definition) is 3. The normalized spacial score (nSPS) is 21.1. The van der Waals surface area contributed by atoms with Crippen LogP contribution in [0, 0.1) is 5.92 Å². The van der Waals surface area contributed by atoms with E-state index in [1.54, 1.807) is 11.9 Å². The van der Waals surface area contributed by atoms with Crippen LogP contribution < -0.4 is 0 Å². The molecule has 16 heavy (non-hydrogen) atoms. The lowest BCUT2D eigenvalue weighted by Gasteiger charge is -2.18. The zero-order valence-corrected chi connectivity index (χ0v) is 10.5. The number of carbonyl (C=O) groups is 2. The summed E-state index contributed by atoms with van der Waals surface area (Å²) >= 11 is 0. The third-order valence-corrected chi connectivity index (χ3v) is 3.19. The first-order valence-corrected chi connectivity index (χ1v) is 5.91. The molecule has 92 valence electrons. The van der Waals surface area contributed by atoms with E-state index < -0.39 is 0 Å². The summed E-state index contributed by atoms with van der Waals surface area (Å²) in [6.45, 7) is 4.52. The molecule has 0 aromatic heterocycles. The number of hydrogen-bond donors (Lipinski definition) is 0. The van der Waals surface area contributed by atoms with Gasteiger partial charge >= 0.3 is 0 Å². The summed E-state index contributed by atoms with van der Waals surface area (Å²) in [6, 6.07) is 0. The molecule has 0 N–H and O–H groups in total. The third-order valence-electron chi connectivity index (χ3n) is 3.19. The average molecular weight is 226 g/mol. The molecule has 4 heteroatoms. The molecule has 1 amide bonds. The molecule has 0 aromatic carbocycles. The molecule has 0 aliphatic carbocycles. The molecule has 1 aliphatic rings. The van der Waals surface area contributed by atoms with E-state index in [0.717, 1.165) is 26.1 Å². The first kappa shape index (κ1) is 13.2. The van der Waals surface area contributed by atoms with Crippen molar-refractivity contribution in [3.63, 3.8) is 0 Å². The van der Waals surface area contributed by atoms with Gasteiger partial charge in [-0.2, -0.15) is 0 Å². The predicted molar refractivity (Wildman–Crippen MR) is 63.2 cm³/mol. The molecule has 1 fully saturated rings. The van der Waals surface area contributed by atoms with Gasteiger partial charge < -0.3 is 9.80 Å². The van der Waals surface area contributed by atoms with Crippen LogP contribution in [0.2, 0.25) is 0 Å². The Bertz CT molecular complexity index is 266. The van der Waals surface area contributed by atoms with Gasteiger partial charge in [0.25, 0.3) is 0 Å². The Kier molecular flexibility index (Phi) is 4.93. The Balaban J connectivity index is 2.21. The zero-order chi connectivity index (χ0) is 12.1. The van der Waals surface area contributed by atoms with Gasteiger partial charge in [-0.25, -0.2) is 0 Å². The van der Waals surface area contributed by atoms with Crippen molar-refractivity contribution in [2.75, 3.05) is 33.7 Å². The highest BCUT2D eigenvalue weighted by Gasteiger charge is 2.20. The van der Waals surface area contributed by atoms with E-state index in [4.69, 9.17) is 0 Å². The largest absolute Gasteiger partial charge is 0.345 e. The number of likely N-dealkylation sites (tertiary alicyclic amines) is 1. The highest BCUT2D eigenvalue weighted by Crippen LogP contribution is 2.18. The second-order valence-electron chi connectivity index (χ2n) is 4.90. The van der Waals surface area contributed by atoms with E-state index >= 15 is 0 Å². The number of Topliss-reactive ketones (excluding diaryl/α,β-unsaturated/α-hetero) is 1. The maximum Gasteiger partial charge on any atom is 0.229 e. The molecule has 0 radical (unpaired) electrons. The Labute approximate surface area is 97.6 Å². The summed E-state index contributed by atoms with van der Waals surface area (Å²) in [5, 5.41) is 0. The molecule has 1 heterocycles. The fourth-order valence-electron chi connectivity index (χ4n) is 2.11. The second kappa shape index (κ2) is 5.99. The monoisotopic (exact) mass is 226 g/mol. The minimum atomic E-state index is -0.0579. The van der Waals surface area contributed by atoms with Crippen LogP contribution in [0.4, 0.5) is 0 Å². The van der Waals surface area contributed by atoms with Gasteiger partial charge in [-0.1, -0.05) is 0 Å². The van der Waals surface area contributed by atoms with Gasteiger partial charge in [0.1, 0.15) is 5.78 Å². The van der Waals surface area contributed by atoms with Crippen molar-refractivity contribution in [2.45, 2.75) is 26.2 Å². The van der Waals surface area contributed by atoms with Crippen molar-refractivity contribution in [1.82, 2.24) is 9.80 Å². The van der Waals surface area contributed by atoms with Crippen molar-refractivity contribution in [3.05, 3.63) is 0 Å². The predicted octanol–water partition coefficient (Wildman–Crippen LogP) is 0.766. The molecule has 0 bridgehead atoms. The van der Waals surface area contributed by atoms with E-state index in [2.05, 4.69) is 11.9 Å². The summed E-state index contributed by atoms with van der Waals surface area (Å²) in [4.78, 5) is 26.3. The van der Waals surface area contributed by atoms with Gasteiger partial charge in [0.15, 0.2) is 0 Å². The number of ketones is 1. The van der Waals surface area contributed by atoms with E-state index in [1.807, 2.05) is 0 Å². The molecule has 1 atom stereocenters. The van der Waals surface area contributed by atoms with Gasteiger partial charge in [-0.05, 0) is 39.3 Å². The Morgan fingerprint density at radius 1 is 1.44 bits per heavy atom. The van der Waals surface area contributed by atoms with Crippen molar-refractivity contribution < 1.29 is 9.59 Å². The Morgan fingerprint density at radius 2 is 2.12 bits per heavy atom. The van der Waals surface area contributed by atoms with Crippen molar-refractivity contribution >= 4 is 11.7 Å². The van der Waals surface area contributed by atoms with Crippen molar-refractivity contribution in [3.8, 4) is 0 Å². The first-order valence-electron chi connectivity index (χ1n) is 5.91. The van der Waals surface area contributed by atoms with Gasteiger partial charge in [0.05, 0.1) is 6.42 Å². The minimum absolute atomic E-state index is 0.0427. The highest BCUT2D eigenvalue weighted by atomic mass is 16.2. The minimum Gasteiger partial charge on any atom is -0.345 e. The molecule has 1 rings (SSSR count). The smallest absolute Gasteiger partial charge is 0.229 e. The molecule has 1 saturated heterocycles. The zero-order valence-electron chi connectivity index (χ0n) is 10.5. The fourth-order valence-corrected chi connectivity index (χ4v) is 2.11. The second-order valence-corrected chi connectivity index (χ2v) is 4.90. The van der Waals surface area contributed by atoms with Crippen molar-refractivity contribution in [1.29, 1.82) is 0 Å². The molecular weight excluding hydrogens is 204 g/mol. The van der Waals surface area contributed by atoms with Crippen LogP contribution in [0.25, 0.3) is 0 Å². The van der Waals surface area contributed by atoms with Crippen LogP contribution in [0.1, 0.15) is 26.2 Å². The topological polar surface area (TPSA) is 40.6 Å². The number of amides is 1. The molecule has 1 unspecified atom stereocenters. The van der Waals surface area contributed by atoms with Crippen LogP contribution in [-0.2, 0) is 9.59 Å². The maximum atomic E-state index is 11.5. The summed E-state index contributed by atoms with van der Waals surface area (Å²) in [5.74, 6) is 0.592. The van der Waals surface area contributed by atoms with Crippen LogP contribution in [0.5, 0.6) is 0 Å². The lowest BCUT2D eigenvalue weighted by Crippen LogP contribution is -2.30. The van der Waals surface area contributed by atoms with Gasteiger partial charge in [0.2, 0.25) is 5.91 Å². The fraction of sp³-hybridized carbons (Fsp3) is 0.833. The molecule has 0 saturated carbocycles. The first-order chi connectivity index (χ1) is 7.49. The quantitative estimate of drug-likeness (QED) is 0.650. The number of rotatable bonds is 5. The van der Waals surface area contributed by atoms with Gasteiger partial charge in [-0.3, -0.25) is 9.59 Å². The average Bonchev–Trinajstić information content (AvgIpc) is 2.59. The SMILES string of the molecule is CC(=O)CC(=O)N(C)CCC1CCN(C)C1. The Morgan fingerprint density at radius 3 is 2.62 bits per heavy atom. The third kappa shape index (κ3) is 4.31. The van der Waals surface area contributed by atoms with Gasteiger partial charge in [-0.15, -0.1) is 0 Å². The summed E-state index contributed by atoms with van der Waals surface area (Å²) in [6.07, 6.45) is 2.32. The molecular formula is C12H22N2O2. The standard InChI is InChI=1S/C12H22N2O2/c1-10(15)8-12(16)14(3)7-5-11-4-6-13(2)9-11/h11H,4-9H2,1-3H3. The molecule has 0 spiro atoms. The molecule has 4 nitrogen and oxygen atoms in total.